The maximum absolute atomic E-state index is 11.4. The molecule has 4 nitrogen and oxygen atoms in total. The number of fused-ring (bicyclic) bond motifs is 1. The van der Waals surface area contributed by atoms with Crippen molar-refractivity contribution >= 4 is 44.0 Å². The molecule has 0 saturated heterocycles. The molecule has 0 radical (unpaired) electrons. The topological polar surface area (TPSA) is 52.6 Å². The zero-order valence-electron chi connectivity index (χ0n) is 11.9. The van der Waals surface area contributed by atoms with E-state index in [0.29, 0.717) is 12.8 Å². The Balaban J connectivity index is 2.38. The maximum Gasteiger partial charge on any atom is 0.310 e. The van der Waals surface area contributed by atoms with Crippen LogP contribution in [0.3, 0.4) is 0 Å². The number of rotatable bonds is 4. The van der Waals surface area contributed by atoms with Crippen LogP contribution < -0.4 is 0 Å². The summed E-state index contributed by atoms with van der Waals surface area (Å²) < 4.78 is 11.7. The third kappa shape index (κ3) is 2.71. The Morgan fingerprint density at radius 2 is 1.20 bits per heavy atom. The molecule has 0 aliphatic rings. The Hall–Kier alpha value is -1.40. The summed E-state index contributed by atoms with van der Waals surface area (Å²) in [5.41, 5.74) is 2.22. The zero-order valence-corrected chi connectivity index (χ0v) is 13.5. The Morgan fingerprint density at radius 3 is 1.50 bits per heavy atom. The molecule has 0 saturated carbocycles. The number of esters is 2. The number of carbonyl (C=O) groups is 2. The molecular formula is C14H16O4S2. The van der Waals surface area contributed by atoms with E-state index < -0.39 is 0 Å². The standard InChI is InChI=1S/C14H16O4S2/c1-7-9(5-11(15)17-3)19-14-8(2)10(20-13(7)14)6-12(16)18-4/h5-6H2,1-4H3. The van der Waals surface area contributed by atoms with E-state index in [-0.39, 0.29) is 11.9 Å². The Morgan fingerprint density at radius 1 is 0.850 bits per heavy atom. The second kappa shape index (κ2) is 5.93. The monoisotopic (exact) mass is 312 g/mol. The third-order valence-electron chi connectivity index (χ3n) is 3.24. The van der Waals surface area contributed by atoms with Crippen LogP contribution in [0.4, 0.5) is 0 Å². The minimum absolute atomic E-state index is 0.227. The van der Waals surface area contributed by atoms with Gasteiger partial charge >= 0.3 is 11.9 Å². The quantitative estimate of drug-likeness (QED) is 0.814. The lowest BCUT2D eigenvalue weighted by molar-refractivity contribution is -0.140. The molecular weight excluding hydrogens is 296 g/mol. The van der Waals surface area contributed by atoms with E-state index in [9.17, 15) is 9.59 Å². The number of hydrogen-bond acceptors (Lipinski definition) is 6. The van der Waals surface area contributed by atoms with Gasteiger partial charge in [-0.15, -0.1) is 22.7 Å². The molecule has 108 valence electrons. The number of aryl methyl sites for hydroxylation is 2. The predicted molar refractivity (Wildman–Crippen MR) is 80.6 cm³/mol. The van der Waals surface area contributed by atoms with Crippen LogP contribution in [0.5, 0.6) is 0 Å². The molecule has 0 aromatic carbocycles. The molecule has 0 amide bonds. The summed E-state index contributed by atoms with van der Waals surface area (Å²) in [7, 11) is 2.79. The van der Waals surface area contributed by atoms with E-state index in [4.69, 9.17) is 9.47 Å². The lowest BCUT2D eigenvalue weighted by Gasteiger charge is -1.99. The summed E-state index contributed by atoms with van der Waals surface area (Å²) in [6, 6.07) is 0. The number of carbonyl (C=O) groups excluding carboxylic acids is 2. The number of ether oxygens (including phenoxy) is 2. The summed E-state index contributed by atoms with van der Waals surface area (Å²) in [6.45, 7) is 4.02. The lowest BCUT2D eigenvalue weighted by Crippen LogP contribution is -2.04. The summed E-state index contributed by atoms with van der Waals surface area (Å²) in [6.07, 6.45) is 0.611. The van der Waals surface area contributed by atoms with E-state index in [1.165, 1.54) is 14.2 Å². The van der Waals surface area contributed by atoms with Gasteiger partial charge in [0, 0.05) is 19.2 Å². The molecule has 6 heteroatoms. The molecule has 0 bridgehead atoms. The third-order valence-corrected chi connectivity index (χ3v) is 6.19. The molecule has 0 spiro atoms. The Bertz CT molecular complexity index is 608. The van der Waals surface area contributed by atoms with Gasteiger partial charge in [-0.3, -0.25) is 9.59 Å². The molecule has 0 unspecified atom stereocenters. The van der Waals surface area contributed by atoms with Crippen molar-refractivity contribution in [2.75, 3.05) is 14.2 Å². The van der Waals surface area contributed by atoms with Crippen molar-refractivity contribution in [1.82, 2.24) is 0 Å². The minimum atomic E-state index is -0.227. The van der Waals surface area contributed by atoms with Crippen LogP contribution in [0.2, 0.25) is 0 Å². The van der Waals surface area contributed by atoms with Gasteiger partial charge in [-0.1, -0.05) is 0 Å². The highest BCUT2D eigenvalue weighted by Gasteiger charge is 2.19. The van der Waals surface area contributed by atoms with Crippen LogP contribution in [-0.4, -0.2) is 26.2 Å². The first-order chi connectivity index (χ1) is 9.47. The van der Waals surface area contributed by atoms with Crippen molar-refractivity contribution < 1.29 is 19.1 Å². The molecule has 2 aromatic rings. The molecule has 2 rings (SSSR count). The fraction of sp³-hybridized carbons (Fsp3) is 0.429. The summed E-state index contributed by atoms with van der Waals surface area (Å²) >= 11 is 3.21. The van der Waals surface area contributed by atoms with Crippen LogP contribution in [0.15, 0.2) is 0 Å². The van der Waals surface area contributed by atoms with Gasteiger partial charge < -0.3 is 9.47 Å². The first-order valence-corrected chi connectivity index (χ1v) is 7.75. The molecule has 0 aliphatic heterocycles. The van der Waals surface area contributed by atoms with Crippen LogP contribution >= 0.6 is 22.7 Å². The van der Waals surface area contributed by atoms with E-state index in [1.54, 1.807) is 22.7 Å². The van der Waals surface area contributed by atoms with E-state index in [1.807, 2.05) is 13.8 Å². The smallest absolute Gasteiger partial charge is 0.310 e. The molecule has 0 N–H and O–H groups in total. The first kappa shape index (κ1) is 15.0. The van der Waals surface area contributed by atoms with E-state index in [0.717, 1.165) is 30.3 Å². The van der Waals surface area contributed by atoms with Crippen LogP contribution in [0, 0.1) is 13.8 Å². The van der Waals surface area contributed by atoms with Crippen molar-refractivity contribution in [2.24, 2.45) is 0 Å². The molecule has 0 fully saturated rings. The highest BCUT2D eigenvalue weighted by Crippen LogP contribution is 2.41. The Labute approximate surface area is 125 Å². The highest BCUT2D eigenvalue weighted by molar-refractivity contribution is 7.28. The minimum Gasteiger partial charge on any atom is -0.469 e. The molecule has 20 heavy (non-hydrogen) atoms. The van der Waals surface area contributed by atoms with Gasteiger partial charge in [-0.25, -0.2) is 0 Å². The number of methoxy groups -OCH3 is 2. The normalized spacial score (nSPS) is 10.8. The average Bonchev–Trinajstić information content (AvgIpc) is 2.89. The van der Waals surface area contributed by atoms with Gasteiger partial charge in [0.2, 0.25) is 0 Å². The van der Waals surface area contributed by atoms with Crippen LogP contribution in [0.1, 0.15) is 20.9 Å². The fourth-order valence-corrected chi connectivity index (χ4v) is 4.79. The summed E-state index contributed by atoms with van der Waals surface area (Å²) in [5, 5.41) is 0. The average molecular weight is 312 g/mol. The van der Waals surface area contributed by atoms with Gasteiger partial charge in [0.15, 0.2) is 0 Å². The fourth-order valence-electron chi connectivity index (χ4n) is 1.98. The predicted octanol–water partition coefficient (Wildman–Crippen LogP) is 3.01. The molecule has 2 aromatic heterocycles. The summed E-state index contributed by atoms with van der Waals surface area (Å²) in [4.78, 5) is 24.9. The molecule has 0 atom stereocenters. The van der Waals surface area contributed by atoms with Crippen molar-refractivity contribution in [3.63, 3.8) is 0 Å². The van der Waals surface area contributed by atoms with Crippen molar-refractivity contribution in [3.05, 3.63) is 20.9 Å². The summed E-state index contributed by atoms with van der Waals surface area (Å²) in [5.74, 6) is -0.455. The van der Waals surface area contributed by atoms with Gasteiger partial charge in [0.1, 0.15) is 0 Å². The largest absolute Gasteiger partial charge is 0.469 e. The van der Waals surface area contributed by atoms with Crippen LogP contribution in [0.25, 0.3) is 9.40 Å². The zero-order chi connectivity index (χ0) is 14.9. The van der Waals surface area contributed by atoms with Gasteiger partial charge in [-0.05, 0) is 25.0 Å². The first-order valence-electron chi connectivity index (χ1n) is 6.11. The SMILES string of the molecule is COC(=O)Cc1sc2c(C)c(CC(=O)OC)sc2c1C. The Kier molecular flexibility index (Phi) is 4.45. The molecule has 0 aliphatic carbocycles. The van der Waals surface area contributed by atoms with Crippen LogP contribution in [-0.2, 0) is 31.9 Å². The second-order valence-corrected chi connectivity index (χ2v) is 6.67. The van der Waals surface area contributed by atoms with E-state index >= 15 is 0 Å². The highest BCUT2D eigenvalue weighted by atomic mass is 32.1. The lowest BCUT2D eigenvalue weighted by atomic mass is 10.2. The van der Waals surface area contributed by atoms with Gasteiger partial charge in [0.05, 0.1) is 27.1 Å². The molecule has 2 heterocycles. The number of thiophene rings is 2. The van der Waals surface area contributed by atoms with E-state index in [2.05, 4.69) is 0 Å². The van der Waals surface area contributed by atoms with Crippen molar-refractivity contribution in [3.8, 4) is 0 Å². The van der Waals surface area contributed by atoms with Gasteiger partial charge in [-0.2, -0.15) is 0 Å². The number of hydrogen-bond donors (Lipinski definition) is 0. The van der Waals surface area contributed by atoms with Crippen molar-refractivity contribution in [1.29, 1.82) is 0 Å². The second-order valence-electron chi connectivity index (χ2n) is 4.46. The van der Waals surface area contributed by atoms with Gasteiger partial charge in [0.25, 0.3) is 0 Å². The maximum atomic E-state index is 11.4. The van der Waals surface area contributed by atoms with Crippen molar-refractivity contribution in [2.45, 2.75) is 26.7 Å².